The van der Waals surface area contributed by atoms with E-state index in [1.807, 2.05) is 6.20 Å². The molecule has 0 saturated heterocycles. The van der Waals surface area contributed by atoms with Gasteiger partial charge in [-0.3, -0.25) is 4.68 Å². The first kappa shape index (κ1) is 16.4. The zero-order valence-corrected chi connectivity index (χ0v) is 15.1. The summed E-state index contributed by atoms with van der Waals surface area (Å²) in [7, 11) is 0. The van der Waals surface area contributed by atoms with E-state index >= 15 is 0 Å². The molecule has 1 aliphatic rings. The Bertz CT molecular complexity index is 413. The molecule has 1 heterocycles. The molecule has 0 aromatic carbocycles. The molecule has 20 heavy (non-hydrogen) atoms. The first-order chi connectivity index (χ1) is 9.63. The van der Waals surface area contributed by atoms with Gasteiger partial charge >= 0.3 is 0 Å². The van der Waals surface area contributed by atoms with Crippen LogP contribution in [0, 0.1) is 0 Å². The van der Waals surface area contributed by atoms with Crippen LogP contribution < -0.4 is 5.32 Å². The molecule has 1 unspecified atom stereocenters. The Balaban J connectivity index is 2.08. The molecule has 1 aliphatic carbocycles. The molecule has 1 fully saturated rings. The zero-order chi connectivity index (χ0) is 14.5. The summed E-state index contributed by atoms with van der Waals surface area (Å²) in [6, 6.07) is 0.777. The molecule has 2 rings (SSSR count). The van der Waals surface area contributed by atoms with E-state index in [9.17, 15) is 0 Å². The topological polar surface area (TPSA) is 29.9 Å². The summed E-state index contributed by atoms with van der Waals surface area (Å²) >= 11 is 5.81. The number of hydrogen-bond donors (Lipinski definition) is 1. The zero-order valence-electron chi connectivity index (χ0n) is 12.7. The second-order valence-corrected chi connectivity index (χ2v) is 7.95. The highest BCUT2D eigenvalue weighted by atomic mass is 79.9. The summed E-state index contributed by atoms with van der Waals surface area (Å²) in [4.78, 5) is 0. The smallest absolute Gasteiger partial charge is 0.0707 e. The largest absolute Gasteiger partial charge is 0.308 e. The predicted molar refractivity (Wildman–Crippen MR) is 91.4 cm³/mol. The molecule has 114 valence electrons. The van der Waals surface area contributed by atoms with Crippen molar-refractivity contribution >= 4 is 27.7 Å². The summed E-state index contributed by atoms with van der Waals surface area (Å²) < 4.78 is 3.27. The van der Waals surface area contributed by atoms with E-state index in [0.717, 1.165) is 22.0 Å². The lowest BCUT2D eigenvalue weighted by Crippen LogP contribution is -2.27. The van der Waals surface area contributed by atoms with Crippen LogP contribution in [0.2, 0.25) is 0 Å². The van der Waals surface area contributed by atoms with Crippen LogP contribution in [0.15, 0.2) is 10.7 Å². The van der Waals surface area contributed by atoms with E-state index in [1.165, 1.54) is 31.4 Å². The highest BCUT2D eigenvalue weighted by Crippen LogP contribution is 2.34. The number of hydrogen-bond acceptors (Lipinski definition) is 3. The lowest BCUT2D eigenvalue weighted by molar-refractivity contribution is 0.467. The molecule has 1 saturated carbocycles. The highest BCUT2D eigenvalue weighted by Gasteiger charge is 2.23. The van der Waals surface area contributed by atoms with E-state index in [4.69, 9.17) is 0 Å². The molecule has 0 bridgehead atoms. The Morgan fingerprint density at radius 3 is 2.75 bits per heavy atom. The fraction of sp³-hybridized carbons (Fsp3) is 0.800. The summed E-state index contributed by atoms with van der Waals surface area (Å²) in [6.45, 7) is 7.55. The third-order valence-corrected chi connectivity index (χ3v) is 5.94. The van der Waals surface area contributed by atoms with E-state index in [1.54, 1.807) is 0 Å². The monoisotopic (exact) mass is 359 g/mol. The molecular formula is C15H26BrN3S. The van der Waals surface area contributed by atoms with Gasteiger partial charge in [-0.2, -0.15) is 16.9 Å². The van der Waals surface area contributed by atoms with Gasteiger partial charge in [0.1, 0.15) is 0 Å². The number of nitrogens with one attached hydrogen (secondary N) is 1. The summed E-state index contributed by atoms with van der Waals surface area (Å²) in [5.41, 5.74) is 1.30. The standard InChI is InChI=1S/C15H26BrN3S/c1-4-17-14(10-20-12-7-5-6-8-12)15-13(16)9-18-19(15)11(2)3/h9,11-12,14,17H,4-8,10H2,1-3H3. The van der Waals surface area contributed by atoms with Gasteiger partial charge in [0.15, 0.2) is 0 Å². The maximum Gasteiger partial charge on any atom is 0.0707 e. The van der Waals surface area contributed by atoms with Crippen LogP contribution in [-0.4, -0.2) is 27.3 Å². The molecule has 1 atom stereocenters. The number of thioether (sulfide) groups is 1. The average molecular weight is 360 g/mol. The van der Waals surface area contributed by atoms with Crippen molar-refractivity contribution in [1.29, 1.82) is 0 Å². The van der Waals surface area contributed by atoms with Crippen molar-refractivity contribution in [3.63, 3.8) is 0 Å². The van der Waals surface area contributed by atoms with Gasteiger partial charge < -0.3 is 5.32 Å². The second-order valence-electron chi connectivity index (χ2n) is 5.77. The van der Waals surface area contributed by atoms with Gasteiger partial charge in [0, 0.05) is 17.0 Å². The molecule has 1 N–H and O–H groups in total. The minimum absolute atomic E-state index is 0.380. The summed E-state index contributed by atoms with van der Waals surface area (Å²) in [5.74, 6) is 1.13. The first-order valence-corrected chi connectivity index (χ1v) is 9.55. The van der Waals surface area contributed by atoms with Crippen LogP contribution in [0.4, 0.5) is 0 Å². The van der Waals surface area contributed by atoms with E-state index < -0.39 is 0 Å². The van der Waals surface area contributed by atoms with Gasteiger partial charge in [0.2, 0.25) is 0 Å². The third kappa shape index (κ3) is 4.01. The second kappa shape index (κ2) is 7.85. The molecule has 0 amide bonds. The molecular weight excluding hydrogens is 334 g/mol. The quantitative estimate of drug-likeness (QED) is 0.774. The summed E-state index contributed by atoms with van der Waals surface area (Å²) in [6.07, 6.45) is 7.55. The Morgan fingerprint density at radius 2 is 2.15 bits per heavy atom. The van der Waals surface area contributed by atoms with Gasteiger partial charge in [-0.05, 0) is 49.2 Å². The van der Waals surface area contributed by atoms with Crippen molar-refractivity contribution in [2.45, 2.75) is 63.8 Å². The summed E-state index contributed by atoms with van der Waals surface area (Å²) in [5, 5.41) is 9.02. The number of rotatable bonds is 7. The van der Waals surface area contributed by atoms with Gasteiger partial charge in [0.05, 0.1) is 22.4 Å². The van der Waals surface area contributed by atoms with Crippen molar-refractivity contribution in [1.82, 2.24) is 15.1 Å². The van der Waals surface area contributed by atoms with Crippen LogP contribution >= 0.6 is 27.7 Å². The lowest BCUT2D eigenvalue weighted by Gasteiger charge is -2.23. The SMILES string of the molecule is CCNC(CSC1CCCC1)c1c(Br)cnn1C(C)C. The Hall–Kier alpha value is 0. The fourth-order valence-electron chi connectivity index (χ4n) is 2.86. The van der Waals surface area contributed by atoms with E-state index in [2.05, 4.69) is 63.6 Å². The van der Waals surface area contributed by atoms with E-state index in [-0.39, 0.29) is 0 Å². The van der Waals surface area contributed by atoms with Gasteiger partial charge in [-0.1, -0.05) is 19.8 Å². The Labute approximate surface area is 135 Å². The molecule has 0 aliphatic heterocycles. The van der Waals surface area contributed by atoms with Crippen LogP contribution in [0.1, 0.15) is 64.2 Å². The normalized spacial score (nSPS) is 18.1. The molecule has 0 radical (unpaired) electrons. The Kier molecular flexibility index (Phi) is 6.43. The third-order valence-electron chi connectivity index (χ3n) is 3.86. The fourth-order valence-corrected chi connectivity index (χ4v) is 4.81. The Morgan fingerprint density at radius 1 is 1.45 bits per heavy atom. The van der Waals surface area contributed by atoms with Gasteiger partial charge in [-0.15, -0.1) is 0 Å². The maximum atomic E-state index is 4.52. The minimum Gasteiger partial charge on any atom is -0.308 e. The lowest BCUT2D eigenvalue weighted by atomic mass is 10.2. The van der Waals surface area contributed by atoms with Crippen molar-refractivity contribution in [3.8, 4) is 0 Å². The van der Waals surface area contributed by atoms with Crippen LogP contribution in [-0.2, 0) is 0 Å². The highest BCUT2D eigenvalue weighted by molar-refractivity contribution is 9.10. The van der Waals surface area contributed by atoms with Crippen molar-refractivity contribution in [2.24, 2.45) is 0 Å². The minimum atomic E-state index is 0.380. The number of nitrogens with zero attached hydrogens (tertiary/aromatic N) is 2. The van der Waals surface area contributed by atoms with Crippen molar-refractivity contribution in [2.75, 3.05) is 12.3 Å². The van der Waals surface area contributed by atoms with E-state index in [0.29, 0.717) is 12.1 Å². The van der Waals surface area contributed by atoms with Gasteiger partial charge in [0.25, 0.3) is 0 Å². The van der Waals surface area contributed by atoms with Crippen LogP contribution in [0.3, 0.4) is 0 Å². The number of aromatic nitrogens is 2. The van der Waals surface area contributed by atoms with Crippen molar-refractivity contribution in [3.05, 3.63) is 16.4 Å². The molecule has 1 aromatic rings. The predicted octanol–water partition coefficient (Wildman–Crippen LogP) is 4.55. The average Bonchev–Trinajstić information content (AvgIpc) is 3.04. The number of halogens is 1. The van der Waals surface area contributed by atoms with Crippen LogP contribution in [0.5, 0.6) is 0 Å². The van der Waals surface area contributed by atoms with Gasteiger partial charge in [-0.25, -0.2) is 0 Å². The van der Waals surface area contributed by atoms with Crippen LogP contribution in [0.25, 0.3) is 0 Å². The van der Waals surface area contributed by atoms with Crippen molar-refractivity contribution < 1.29 is 0 Å². The molecule has 3 nitrogen and oxygen atoms in total. The maximum absolute atomic E-state index is 4.52. The first-order valence-electron chi connectivity index (χ1n) is 7.71. The molecule has 0 spiro atoms. The molecule has 5 heteroatoms. The molecule has 1 aromatic heterocycles.